The molecule has 3 heterocycles. The second-order valence-electron chi connectivity index (χ2n) is 9.08. The van der Waals surface area contributed by atoms with E-state index in [4.69, 9.17) is 21.1 Å². The molecule has 1 aliphatic rings. The summed E-state index contributed by atoms with van der Waals surface area (Å²) in [6, 6.07) is 14.4. The van der Waals surface area contributed by atoms with E-state index in [1.54, 1.807) is 25.1 Å². The van der Waals surface area contributed by atoms with Crippen molar-refractivity contribution in [3.05, 3.63) is 80.9 Å². The van der Waals surface area contributed by atoms with Crippen molar-refractivity contribution < 1.29 is 14.3 Å². The average Bonchev–Trinajstić information content (AvgIpc) is 3.28. The van der Waals surface area contributed by atoms with Crippen LogP contribution >= 0.6 is 11.6 Å². The van der Waals surface area contributed by atoms with Gasteiger partial charge in [0, 0.05) is 17.0 Å². The molecule has 2 N–H and O–H groups in total. The standard InChI is InChI=1S/C27H27ClN6O4/c1-4-19-14-38-27(36)34(19)26-31-16(3)30-25(33-26)29-15(2)20-10-18-11-21(28)23(12-22(18)32-24(20)35)37-13-17-8-6-5-7-9-17/h5-12,15,19H,4,13-14H2,1-3H3,(H,32,35)(H,29,30,31,33)/t15-,19-/m0/s1. The molecular weight excluding hydrogens is 508 g/mol. The quantitative estimate of drug-likeness (QED) is 0.318. The maximum absolute atomic E-state index is 13.0. The average molecular weight is 535 g/mol. The first-order valence-corrected chi connectivity index (χ1v) is 12.7. The number of pyridine rings is 1. The Balaban J connectivity index is 1.38. The number of aromatic nitrogens is 4. The maximum atomic E-state index is 13.0. The van der Waals surface area contributed by atoms with Gasteiger partial charge in [-0.25, -0.2) is 9.69 Å². The minimum atomic E-state index is -0.489. The van der Waals surface area contributed by atoms with Gasteiger partial charge in [0.25, 0.3) is 5.56 Å². The van der Waals surface area contributed by atoms with Crippen molar-refractivity contribution in [1.29, 1.82) is 0 Å². The number of benzene rings is 2. The molecule has 1 fully saturated rings. The van der Waals surface area contributed by atoms with Crippen molar-refractivity contribution >= 4 is 40.5 Å². The van der Waals surface area contributed by atoms with Crippen LogP contribution in [0.2, 0.25) is 5.02 Å². The first kappa shape index (κ1) is 25.5. The third kappa shape index (κ3) is 5.26. The Bertz CT molecular complexity index is 1540. The molecule has 0 radical (unpaired) electrons. The number of fused-ring (bicyclic) bond motifs is 1. The Morgan fingerprint density at radius 1 is 1.18 bits per heavy atom. The maximum Gasteiger partial charge on any atom is 0.417 e. The summed E-state index contributed by atoms with van der Waals surface area (Å²) in [4.78, 5) is 42.7. The summed E-state index contributed by atoms with van der Waals surface area (Å²) < 4.78 is 11.1. The van der Waals surface area contributed by atoms with E-state index in [-0.39, 0.29) is 30.1 Å². The summed E-state index contributed by atoms with van der Waals surface area (Å²) in [6.45, 7) is 6.15. The van der Waals surface area contributed by atoms with Gasteiger partial charge in [-0.15, -0.1) is 0 Å². The van der Waals surface area contributed by atoms with E-state index in [9.17, 15) is 9.59 Å². The zero-order valence-corrected chi connectivity index (χ0v) is 22.0. The van der Waals surface area contributed by atoms with Crippen molar-refractivity contribution in [3.8, 4) is 5.75 Å². The summed E-state index contributed by atoms with van der Waals surface area (Å²) >= 11 is 6.50. The van der Waals surface area contributed by atoms with E-state index < -0.39 is 12.1 Å². The molecule has 196 valence electrons. The molecule has 0 aliphatic carbocycles. The number of rotatable bonds is 8. The van der Waals surface area contributed by atoms with Crippen LogP contribution in [0.4, 0.5) is 16.7 Å². The highest BCUT2D eigenvalue weighted by molar-refractivity contribution is 6.32. The second kappa shape index (κ2) is 10.7. The molecule has 1 amide bonds. The number of aromatic amines is 1. The number of hydrogen-bond donors (Lipinski definition) is 2. The molecule has 0 saturated carbocycles. The molecule has 2 atom stereocenters. The second-order valence-corrected chi connectivity index (χ2v) is 9.49. The van der Waals surface area contributed by atoms with Gasteiger partial charge < -0.3 is 19.8 Å². The van der Waals surface area contributed by atoms with Crippen molar-refractivity contribution in [2.45, 2.75) is 45.9 Å². The van der Waals surface area contributed by atoms with Gasteiger partial charge in [-0.2, -0.15) is 15.0 Å². The Morgan fingerprint density at radius 2 is 1.97 bits per heavy atom. The van der Waals surface area contributed by atoms with Crippen LogP contribution in [0.15, 0.2) is 53.3 Å². The number of amides is 1. The van der Waals surface area contributed by atoms with E-state index in [1.165, 1.54) is 4.90 Å². The summed E-state index contributed by atoms with van der Waals surface area (Å²) in [5.41, 5.74) is 1.82. The summed E-state index contributed by atoms with van der Waals surface area (Å²) in [5.74, 6) is 1.37. The lowest BCUT2D eigenvalue weighted by Gasteiger charge is -2.20. The van der Waals surface area contributed by atoms with Gasteiger partial charge in [0.1, 0.15) is 24.8 Å². The fourth-order valence-corrected chi connectivity index (χ4v) is 4.54. The van der Waals surface area contributed by atoms with Gasteiger partial charge >= 0.3 is 6.09 Å². The minimum Gasteiger partial charge on any atom is -0.487 e. The van der Waals surface area contributed by atoms with Crippen LogP contribution in [0.25, 0.3) is 10.9 Å². The monoisotopic (exact) mass is 534 g/mol. The highest BCUT2D eigenvalue weighted by atomic mass is 35.5. The van der Waals surface area contributed by atoms with Gasteiger partial charge in [-0.1, -0.05) is 48.9 Å². The molecule has 11 heteroatoms. The molecule has 1 aliphatic heterocycles. The number of carbonyl (C=O) groups is 1. The number of H-pyrrole nitrogens is 1. The van der Waals surface area contributed by atoms with Crippen LogP contribution in [0.5, 0.6) is 5.75 Å². The highest BCUT2D eigenvalue weighted by Crippen LogP contribution is 2.31. The third-order valence-electron chi connectivity index (χ3n) is 6.36. The summed E-state index contributed by atoms with van der Waals surface area (Å²) in [5, 5.41) is 4.35. The number of nitrogens with zero attached hydrogens (tertiary/aromatic N) is 4. The van der Waals surface area contributed by atoms with Gasteiger partial charge in [0.05, 0.1) is 22.6 Å². The minimum absolute atomic E-state index is 0.149. The van der Waals surface area contributed by atoms with E-state index in [1.807, 2.05) is 44.2 Å². The highest BCUT2D eigenvalue weighted by Gasteiger charge is 2.35. The third-order valence-corrected chi connectivity index (χ3v) is 6.65. The SMILES string of the molecule is CC[C@H]1COC(=O)N1c1nc(C)nc(N[C@@H](C)c2cc3cc(Cl)c(OCc4ccccc4)cc3[nH]c2=O)n1. The molecule has 5 rings (SSSR count). The van der Waals surface area contributed by atoms with Crippen LogP contribution in [0.3, 0.4) is 0 Å². The van der Waals surface area contributed by atoms with Gasteiger partial charge in [-0.3, -0.25) is 4.79 Å². The predicted molar refractivity (Wildman–Crippen MR) is 145 cm³/mol. The number of hydrogen-bond acceptors (Lipinski definition) is 8. The van der Waals surface area contributed by atoms with Gasteiger partial charge in [0.15, 0.2) is 0 Å². The molecule has 0 bridgehead atoms. The smallest absolute Gasteiger partial charge is 0.417 e. The number of cyclic esters (lactones) is 1. The number of aryl methyl sites for hydroxylation is 1. The number of anilines is 2. The Kier molecular flexibility index (Phi) is 7.15. The van der Waals surface area contributed by atoms with Crippen LogP contribution in [0.1, 0.15) is 43.3 Å². The van der Waals surface area contributed by atoms with Crippen LogP contribution in [0, 0.1) is 6.92 Å². The Hall–Kier alpha value is -4.18. The molecule has 1 saturated heterocycles. The lowest BCUT2D eigenvalue weighted by atomic mass is 10.1. The number of carbonyl (C=O) groups excluding carboxylic acids is 1. The lowest BCUT2D eigenvalue weighted by Crippen LogP contribution is -2.35. The fourth-order valence-electron chi connectivity index (χ4n) is 4.31. The Labute approximate surface area is 224 Å². The summed E-state index contributed by atoms with van der Waals surface area (Å²) in [7, 11) is 0. The normalized spacial score (nSPS) is 15.9. The molecular formula is C27H27ClN6O4. The van der Waals surface area contributed by atoms with E-state index in [0.29, 0.717) is 40.7 Å². The van der Waals surface area contributed by atoms with E-state index >= 15 is 0 Å². The topological polar surface area (TPSA) is 122 Å². The molecule has 2 aromatic heterocycles. The molecule has 10 nitrogen and oxygen atoms in total. The van der Waals surface area contributed by atoms with E-state index in [0.717, 1.165) is 10.9 Å². The van der Waals surface area contributed by atoms with Crippen molar-refractivity contribution in [2.75, 3.05) is 16.8 Å². The fraction of sp³-hybridized carbons (Fsp3) is 0.296. The first-order chi connectivity index (χ1) is 18.3. The van der Waals surface area contributed by atoms with Gasteiger partial charge in [-0.05, 0) is 38.0 Å². The lowest BCUT2D eigenvalue weighted by molar-refractivity contribution is 0.178. The number of ether oxygens (including phenoxy) is 2. The molecule has 2 aromatic carbocycles. The number of halogens is 1. The molecule has 38 heavy (non-hydrogen) atoms. The number of nitrogens with one attached hydrogen (secondary N) is 2. The zero-order valence-electron chi connectivity index (χ0n) is 21.2. The zero-order chi connectivity index (χ0) is 26.8. The van der Waals surface area contributed by atoms with Crippen LogP contribution in [-0.4, -0.2) is 38.7 Å². The molecule has 0 spiro atoms. The van der Waals surface area contributed by atoms with E-state index in [2.05, 4.69) is 25.3 Å². The van der Waals surface area contributed by atoms with Crippen LogP contribution < -0.4 is 20.5 Å². The predicted octanol–water partition coefficient (Wildman–Crippen LogP) is 5.16. The van der Waals surface area contributed by atoms with Crippen molar-refractivity contribution in [3.63, 3.8) is 0 Å². The van der Waals surface area contributed by atoms with Crippen LogP contribution in [-0.2, 0) is 11.3 Å². The Morgan fingerprint density at radius 3 is 2.74 bits per heavy atom. The summed E-state index contributed by atoms with van der Waals surface area (Å²) in [6.07, 6.45) is 0.209. The largest absolute Gasteiger partial charge is 0.487 e. The van der Waals surface area contributed by atoms with Gasteiger partial charge in [0.2, 0.25) is 11.9 Å². The molecule has 4 aromatic rings. The first-order valence-electron chi connectivity index (χ1n) is 12.3. The van der Waals surface area contributed by atoms with Crippen molar-refractivity contribution in [2.24, 2.45) is 0 Å². The van der Waals surface area contributed by atoms with Crippen molar-refractivity contribution in [1.82, 2.24) is 19.9 Å². The molecule has 0 unspecified atom stereocenters.